The molecule has 2 aliphatic carbocycles. The Hall–Kier alpha value is -3.39. The molecule has 3 aliphatic rings. The first-order chi connectivity index (χ1) is 22.3. The summed E-state index contributed by atoms with van der Waals surface area (Å²) in [5.74, 6) is -5.31. The molecule has 48 heavy (non-hydrogen) atoms. The van der Waals surface area contributed by atoms with Crippen molar-refractivity contribution in [3.8, 4) is 0 Å². The molecular weight excluding hydrogens is 628 g/mol. The molecule has 13 nitrogen and oxygen atoms in total. The number of carbonyl (C=O) groups is 5. The van der Waals surface area contributed by atoms with Crippen LogP contribution in [0.2, 0.25) is 0 Å². The minimum atomic E-state index is -2.18. The molecule has 2 N–H and O–H groups in total. The van der Waals surface area contributed by atoms with Crippen LogP contribution < -0.4 is 0 Å². The third kappa shape index (κ3) is 6.14. The van der Waals surface area contributed by atoms with Gasteiger partial charge in [-0.15, -0.1) is 0 Å². The lowest BCUT2D eigenvalue weighted by molar-refractivity contribution is -0.365. The Balaban J connectivity index is 2.14. The van der Waals surface area contributed by atoms with E-state index >= 15 is 0 Å². The summed E-state index contributed by atoms with van der Waals surface area (Å²) in [7, 11) is 0. The van der Waals surface area contributed by atoms with E-state index in [0.29, 0.717) is 0 Å². The van der Waals surface area contributed by atoms with Gasteiger partial charge in [-0.3, -0.25) is 19.2 Å². The van der Waals surface area contributed by atoms with Gasteiger partial charge in [0, 0.05) is 20.3 Å². The fourth-order valence-corrected chi connectivity index (χ4v) is 8.14. The summed E-state index contributed by atoms with van der Waals surface area (Å²) < 4.78 is 37.2. The molecule has 2 bridgehead atoms. The van der Waals surface area contributed by atoms with E-state index in [1.165, 1.54) is 26.0 Å². The van der Waals surface area contributed by atoms with Gasteiger partial charge in [0.2, 0.25) is 0 Å². The van der Waals surface area contributed by atoms with Crippen molar-refractivity contribution in [2.24, 2.45) is 17.3 Å². The lowest BCUT2D eigenvalue weighted by Gasteiger charge is -2.66. The van der Waals surface area contributed by atoms with Crippen molar-refractivity contribution < 1.29 is 62.6 Å². The molecule has 1 aromatic rings. The van der Waals surface area contributed by atoms with Crippen molar-refractivity contribution in [3.05, 3.63) is 35.9 Å². The molecule has 13 heteroatoms. The monoisotopic (exact) mass is 676 g/mol. The van der Waals surface area contributed by atoms with E-state index in [2.05, 4.69) is 0 Å². The first-order valence-electron chi connectivity index (χ1n) is 16.3. The van der Waals surface area contributed by atoms with Crippen molar-refractivity contribution in [1.82, 2.24) is 0 Å². The van der Waals surface area contributed by atoms with Crippen LogP contribution in [0.5, 0.6) is 0 Å². The summed E-state index contributed by atoms with van der Waals surface area (Å²) in [6.07, 6.45) is -9.02. The molecule has 0 radical (unpaired) electrons. The first kappa shape index (κ1) is 37.4. The number of hydrogen-bond acceptors (Lipinski definition) is 13. The fraction of sp³-hybridized carbons (Fsp3) is 0.686. The van der Waals surface area contributed by atoms with Gasteiger partial charge in [-0.2, -0.15) is 0 Å². The molecule has 3 fully saturated rings. The highest BCUT2D eigenvalue weighted by atomic mass is 16.6. The number of benzene rings is 1. The smallest absolute Gasteiger partial charge is 0.338 e. The van der Waals surface area contributed by atoms with Crippen molar-refractivity contribution in [2.75, 3.05) is 6.61 Å². The van der Waals surface area contributed by atoms with Gasteiger partial charge in [0.25, 0.3) is 0 Å². The Bertz CT molecular complexity index is 1400. The van der Waals surface area contributed by atoms with Crippen molar-refractivity contribution in [2.45, 2.75) is 129 Å². The van der Waals surface area contributed by atoms with Crippen LogP contribution in [0.25, 0.3) is 0 Å². The van der Waals surface area contributed by atoms with Gasteiger partial charge >= 0.3 is 23.9 Å². The minimum absolute atomic E-state index is 0.119. The molecule has 1 heterocycles. The SMILES string of the molecule is CCC(OC[C@]12[C@H](OC(=O)c3ccccc3)[C@@H](OC(=O)C(C)C)C3C(O)C1(OC3(C)C)[C@@](C)(O)C[C@H](OC(C)=O)[C@@H]2OC(C)=O)C(C)=O. The largest absolute Gasteiger partial charge is 0.458 e. The number of Topliss-reactive ketones (excluding diaryl/α,β-unsaturated/α-hetero) is 1. The highest BCUT2D eigenvalue weighted by molar-refractivity contribution is 5.89. The van der Waals surface area contributed by atoms with Crippen molar-refractivity contribution >= 4 is 29.7 Å². The average molecular weight is 677 g/mol. The average Bonchev–Trinajstić information content (AvgIpc) is 3.16. The number of aliphatic hydroxyl groups is 2. The van der Waals surface area contributed by atoms with E-state index in [9.17, 15) is 34.2 Å². The molecule has 1 aliphatic heterocycles. The zero-order chi connectivity index (χ0) is 36.0. The number of fused-ring (bicyclic) bond motifs is 1. The number of carbonyl (C=O) groups excluding carboxylic acids is 5. The molecule has 2 saturated carbocycles. The Morgan fingerprint density at radius 2 is 1.52 bits per heavy atom. The molecule has 10 atom stereocenters. The molecule has 1 aromatic carbocycles. The molecule has 266 valence electrons. The number of hydrogen-bond donors (Lipinski definition) is 2. The van der Waals surface area contributed by atoms with Gasteiger partial charge in [0.05, 0.1) is 41.3 Å². The number of esters is 4. The van der Waals surface area contributed by atoms with Gasteiger partial charge in [0.1, 0.15) is 29.3 Å². The fourth-order valence-electron chi connectivity index (χ4n) is 8.14. The quantitative estimate of drug-likeness (QED) is 0.258. The van der Waals surface area contributed by atoms with E-state index in [4.69, 9.17) is 28.4 Å². The van der Waals surface area contributed by atoms with Crippen LogP contribution in [0.4, 0.5) is 0 Å². The van der Waals surface area contributed by atoms with Gasteiger partial charge in [-0.25, -0.2) is 4.79 Å². The van der Waals surface area contributed by atoms with Gasteiger partial charge < -0.3 is 38.6 Å². The summed E-state index contributed by atoms with van der Waals surface area (Å²) in [5.41, 5.74) is -7.69. The van der Waals surface area contributed by atoms with Gasteiger partial charge in [-0.1, -0.05) is 39.0 Å². The highest BCUT2D eigenvalue weighted by Gasteiger charge is 2.87. The van der Waals surface area contributed by atoms with Crippen molar-refractivity contribution in [1.29, 1.82) is 0 Å². The number of ketones is 1. The summed E-state index contributed by atoms with van der Waals surface area (Å²) in [5, 5.41) is 25.0. The van der Waals surface area contributed by atoms with E-state index in [1.807, 2.05) is 0 Å². The number of rotatable bonds is 11. The van der Waals surface area contributed by atoms with Crippen LogP contribution in [0.3, 0.4) is 0 Å². The second-order valence-corrected chi connectivity index (χ2v) is 14.2. The standard InChI is InChI=1S/C35H48O13/c1-10-23(19(4)36)43-17-34-28(45-21(6)38)24(44-20(5)37)16-33(9,42)35(34)27(39)25(32(7,8)48-35)26(46-30(40)18(2)3)29(34)47-31(41)22-14-12-11-13-15-22/h11-15,18,23-29,39,42H,10,16-17H2,1-9H3/t23?,24-,25?,26-,27?,28-,29+,33-,34-,35?/m0/s1. The summed E-state index contributed by atoms with van der Waals surface area (Å²) in [6.45, 7) is 12.5. The zero-order valence-corrected chi connectivity index (χ0v) is 29.0. The third-order valence-electron chi connectivity index (χ3n) is 10.0. The molecule has 4 rings (SSSR count). The summed E-state index contributed by atoms with van der Waals surface area (Å²) in [4.78, 5) is 65.5. The van der Waals surface area contributed by atoms with Crippen LogP contribution in [0.15, 0.2) is 30.3 Å². The number of ether oxygens (including phenoxy) is 6. The maximum atomic E-state index is 14.0. The van der Waals surface area contributed by atoms with E-state index < -0.39 is 101 Å². The maximum Gasteiger partial charge on any atom is 0.338 e. The molecule has 0 amide bonds. The Labute approximate surface area is 280 Å². The van der Waals surface area contributed by atoms with Crippen LogP contribution >= 0.6 is 0 Å². The Morgan fingerprint density at radius 3 is 2.04 bits per heavy atom. The second kappa shape index (κ2) is 13.5. The number of aliphatic hydroxyl groups excluding tert-OH is 1. The molecular formula is C35H48O13. The lowest BCUT2D eigenvalue weighted by atomic mass is 9.45. The topological polar surface area (TPSA) is 181 Å². The van der Waals surface area contributed by atoms with Crippen LogP contribution in [-0.2, 0) is 47.6 Å². The minimum Gasteiger partial charge on any atom is -0.458 e. The van der Waals surface area contributed by atoms with E-state index in [0.717, 1.165) is 13.8 Å². The van der Waals surface area contributed by atoms with E-state index in [-0.39, 0.29) is 24.2 Å². The molecule has 0 aromatic heterocycles. The second-order valence-electron chi connectivity index (χ2n) is 14.2. The third-order valence-corrected chi connectivity index (χ3v) is 10.0. The predicted octanol–water partition coefficient (Wildman–Crippen LogP) is 2.71. The first-order valence-corrected chi connectivity index (χ1v) is 16.3. The van der Waals surface area contributed by atoms with Crippen LogP contribution in [0, 0.1) is 17.3 Å². The summed E-state index contributed by atoms with van der Waals surface area (Å²) >= 11 is 0. The molecule has 4 unspecified atom stereocenters. The zero-order valence-electron chi connectivity index (χ0n) is 29.0. The molecule has 1 spiro atoms. The summed E-state index contributed by atoms with van der Waals surface area (Å²) in [6, 6.07) is 7.96. The lowest BCUT2D eigenvalue weighted by Crippen LogP contribution is -2.85. The van der Waals surface area contributed by atoms with Crippen molar-refractivity contribution in [3.63, 3.8) is 0 Å². The Morgan fingerprint density at radius 1 is 0.917 bits per heavy atom. The van der Waals surface area contributed by atoms with E-state index in [1.54, 1.807) is 52.8 Å². The highest BCUT2D eigenvalue weighted by Crippen LogP contribution is 2.69. The Kier molecular flexibility index (Phi) is 10.5. The van der Waals surface area contributed by atoms with Gasteiger partial charge in [0.15, 0.2) is 18.0 Å². The molecule has 1 saturated heterocycles. The predicted molar refractivity (Wildman–Crippen MR) is 167 cm³/mol. The van der Waals surface area contributed by atoms with Crippen LogP contribution in [-0.4, -0.2) is 99.9 Å². The van der Waals surface area contributed by atoms with Crippen LogP contribution in [0.1, 0.15) is 85.5 Å². The van der Waals surface area contributed by atoms with Gasteiger partial charge in [-0.05, 0) is 46.2 Å². The maximum absolute atomic E-state index is 14.0. The normalized spacial score (nSPS) is 35.6.